The Morgan fingerprint density at radius 2 is 0.556 bits per heavy atom. The van der Waals surface area contributed by atoms with Crippen LogP contribution in [0.15, 0.2) is 121 Å². The van der Waals surface area contributed by atoms with E-state index in [-0.39, 0.29) is 5.48 Å². The Morgan fingerprint density at radius 1 is 0.370 bits per heavy atom. The van der Waals surface area contributed by atoms with Crippen LogP contribution in [-0.4, -0.2) is 5.48 Å². The summed E-state index contributed by atoms with van der Waals surface area (Å²) >= 11 is 8.03. The normalized spacial score (nSPS) is 12.4. The van der Waals surface area contributed by atoms with Crippen molar-refractivity contribution in [1.82, 2.24) is 0 Å². The van der Waals surface area contributed by atoms with E-state index in [0.717, 1.165) is 21.2 Å². The summed E-state index contributed by atoms with van der Waals surface area (Å²) < 4.78 is 0. The molecule has 27 heavy (non-hydrogen) atoms. The van der Waals surface area contributed by atoms with Crippen molar-refractivity contribution in [2.24, 2.45) is 0 Å². The van der Waals surface area contributed by atoms with Crippen molar-refractivity contribution >= 4 is 38.4 Å². The van der Waals surface area contributed by atoms with Crippen molar-refractivity contribution in [3.63, 3.8) is 0 Å². The van der Waals surface area contributed by atoms with Crippen molar-refractivity contribution in [3.8, 4) is 0 Å². The molecule has 3 heteroatoms. The molecule has 4 aromatic carbocycles. The summed E-state index contributed by atoms with van der Waals surface area (Å²) in [5.74, 6) is -3.34. The Labute approximate surface area is 165 Å². The van der Waals surface area contributed by atoms with Gasteiger partial charge in [-0.25, -0.2) is 0 Å². The van der Waals surface area contributed by atoms with Gasteiger partial charge in [-0.05, 0) is 0 Å². The standard InChI is InChI=1S/C24H20ClP.H2O/c25-26(21-13-5-1-6-14-21,22-15-7-2-8-16-22,23-17-9-3-10-18-23)24-19-11-4-12-20-24;/h1-20H;1H2. The molecule has 0 fully saturated rings. The maximum atomic E-state index is 8.03. The molecule has 0 unspecified atom stereocenters. The maximum absolute atomic E-state index is 8.03. The van der Waals surface area contributed by atoms with E-state index in [1.807, 2.05) is 24.3 Å². The zero-order chi connectivity index (χ0) is 17.9. The maximum Gasteiger partial charge on any atom is -0.412 e. The fourth-order valence-corrected chi connectivity index (χ4v) is 9.80. The molecule has 0 heterocycles. The van der Waals surface area contributed by atoms with Crippen LogP contribution in [0.1, 0.15) is 0 Å². The van der Waals surface area contributed by atoms with Crippen molar-refractivity contribution in [2.75, 3.05) is 0 Å². The van der Waals surface area contributed by atoms with Crippen LogP contribution in [0, 0.1) is 0 Å². The first kappa shape index (κ1) is 19.3. The van der Waals surface area contributed by atoms with E-state index in [9.17, 15) is 0 Å². The number of benzene rings is 4. The molecule has 0 aliphatic heterocycles. The average molecular weight is 393 g/mol. The second-order valence-corrected chi connectivity index (χ2v) is 12.5. The van der Waals surface area contributed by atoms with Crippen LogP contribution in [0.3, 0.4) is 0 Å². The minimum atomic E-state index is -3.34. The van der Waals surface area contributed by atoms with Gasteiger partial charge < -0.3 is 5.48 Å². The minimum absolute atomic E-state index is 0. The van der Waals surface area contributed by atoms with Crippen LogP contribution >= 0.6 is 17.2 Å². The van der Waals surface area contributed by atoms with E-state index >= 15 is 0 Å². The Kier molecular flexibility index (Phi) is 5.48. The SMILES string of the molecule is ClP(c1ccccc1)(c1ccccc1)(c1ccccc1)c1ccccc1.O. The van der Waals surface area contributed by atoms with Gasteiger partial charge in [0.1, 0.15) is 0 Å². The first-order valence-electron chi connectivity index (χ1n) is 8.71. The van der Waals surface area contributed by atoms with Gasteiger partial charge in [0.25, 0.3) is 0 Å². The summed E-state index contributed by atoms with van der Waals surface area (Å²) in [6, 6.07) is 42.1. The van der Waals surface area contributed by atoms with Crippen LogP contribution in [0.2, 0.25) is 0 Å². The summed E-state index contributed by atoms with van der Waals surface area (Å²) in [4.78, 5) is 0. The van der Waals surface area contributed by atoms with Crippen LogP contribution in [0.25, 0.3) is 0 Å². The van der Waals surface area contributed by atoms with E-state index in [2.05, 4.69) is 97.1 Å². The Morgan fingerprint density at radius 3 is 0.741 bits per heavy atom. The number of rotatable bonds is 4. The van der Waals surface area contributed by atoms with Crippen molar-refractivity contribution in [2.45, 2.75) is 0 Å². The molecule has 0 saturated heterocycles. The van der Waals surface area contributed by atoms with Gasteiger partial charge in [0, 0.05) is 0 Å². The molecule has 0 aliphatic rings. The van der Waals surface area contributed by atoms with Crippen molar-refractivity contribution < 1.29 is 5.48 Å². The first-order chi connectivity index (χ1) is 12.7. The van der Waals surface area contributed by atoms with Crippen LogP contribution in [-0.2, 0) is 0 Å². The largest absolute Gasteiger partial charge is 0.412 e. The molecule has 0 amide bonds. The van der Waals surface area contributed by atoms with Crippen molar-refractivity contribution in [1.29, 1.82) is 0 Å². The molecule has 0 radical (unpaired) electrons. The Balaban J connectivity index is 0.00000210. The molecule has 0 bridgehead atoms. The predicted molar refractivity (Wildman–Crippen MR) is 121 cm³/mol. The van der Waals surface area contributed by atoms with Gasteiger partial charge in [-0.3, -0.25) is 0 Å². The van der Waals surface area contributed by atoms with Gasteiger partial charge in [-0.1, -0.05) is 0 Å². The second-order valence-electron chi connectivity index (χ2n) is 6.35. The second kappa shape index (κ2) is 7.66. The molecule has 1 nitrogen and oxygen atoms in total. The van der Waals surface area contributed by atoms with E-state index < -0.39 is 5.96 Å². The number of hydrogen-bond donors (Lipinski definition) is 0. The third kappa shape index (κ3) is 2.89. The summed E-state index contributed by atoms with van der Waals surface area (Å²) in [5.41, 5.74) is 0. The van der Waals surface area contributed by atoms with Gasteiger partial charge in [-0.15, -0.1) is 0 Å². The Hall–Kier alpha value is -2.44. The van der Waals surface area contributed by atoms with Gasteiger partial charge >= 0.3 is 160 Å². The van der Waals surface area contributed by atoms with E-state index in [1.165, 1.54) is 0 Å². The summed E-state index contributed by atoms with van der Waals surface area (Å²) in [5, 5.41) is 4.63. The Bertz CT molecular complexity index is 820. The smallest absolute Gasteiger partial charge is 0.412 e. The molecule has 4 rings (SSSR count). The monoisotopic (exact) mass is 392 g/mol. The topological polar surface area (TPSA) is 31.5 Å². The van der Waals surface area contributed by atoms with E-state index in [1.54, 1.807) is 0 Å². The van der Waals surface area contributed by atoms with Crippen LogP contribution in [0.5, 0.6) is 0 Å². The third-order valence-electron chi connectivity index (χ3n) is 4.96. The molecular formula is C24H22ClOP. The zero-order valence-corrected chi connectivity index (χ0v) is 16.5. The molecule has 0 saturated carbocycles. The van der Waals surface area contributed by atoms with Gasteiger partial charge in [0.2, 0.25) is 0 Å². The number of halogens is 1. The number of hydrogen-bond acceptors (Lipinski definition) is 0. The molecule has 0 aliphatic carbocycles. The molecule has 4 aromatic rings. The van der Waals surface area contributed by atoms with Gasteiger partial charge in [0.05, 0.1) is 0 Å². The average Bonchev–Trinajstić information content (AvgIpc) is 2.76. The molecule has 0 aromatic heterocycles. The van der Waals surface area contributed by atoms with Gasteiger partial charge in [-0.2, -0.15) is 0 Å². The quantitative estimate of drug-likeness (QED) is 0.467. The van der Waals surface area contributed by atoms with Crippen LogP contribution < -0.4 is 21.2 Å². The molecule has 2 N–H and O–H groups in total. The van der Waals surface area contributed by atoms with Crippen molar-refractivity contribution in [3.05, 3.63) is 121 Å². The first-order valence-corrected chi connectivity index (χ1v) is 11.8. The summed E-state index contributed by atoms with van der Waals surface area (Å²) in [6.07, 6.45) is 0. The van der Waals surface area contributed by atoms with E-state index in [4.69, 9.17) is 11.2 Å². The van der Waals surface area contributed by atoms with Crippen LogP contribution in [0.4, 0.5) is 0 Å². The fourth-order valence-electron chi connectivity index (χ4n) is 3.73. The molecule has 136 valence electrons. The van der Waals surface area contributed by atoms with E-state index in [0.29, 0.717) is 0 Å². The molecular weight excluding hydrogens is 371 g/mol. The zero-order valence-electron chi connectivity index (χ0n) is 14.9. The predicted octanol–water partition coefficient (Wildman–Crippen LogP) is 4.17. The molecule has 0 atom stereocenters. The molecule has 0 spiro atoms. The summed E-state index contributed by atoms with van der Waals surface area (Å²) in [7, 11) is 0. The fraction of sp³-hybridized carbons (Fsp3) is 0. The summed E-state index contributed by atoms with van der Waals surface area (Å²) in [6.45, 7) is 0. The third-order valence-corrected chi connectivity index (χ3v) is 12.4. The minimum Gasteiger partial charge on any atom is -0.412 e. The van der Waals surface area contributed by atoms with Gasteiger partial charge in [0.15, 0.2) is 0 Å².